The van der Waals surface area contributed by atoms with Gasteiger partial charge in [0.2, 0.25) is 5.91 Å². The van der Waals surface area contributed by atoms with Gasteiger partial charge in [-0.05, 0) is 35.4 Å². The maximum Gasteiger partial charge on any atom is 0.226 e. The Morgan fingerprint density at radius 3 is 2.83 bits per heavy atom. The summed E-state index contributed by atoms with van der Waals surface area (Å²) < 4.78 is 18.2. The first-order chi connectivity index (χ1) is 11.7. The highest BCUT2D eigenvalue weighted by Gasteiger charge is 2.33. The number of methoxy groups -OCH3 is 1. The second-order valence-electron chi connectivity index (χ2n) is 5.73. The molecule has 0 aromatic heterocycles. The van der Waals surface area contributed by atoms with Crippen molar-refractivity contribution < 1.29 is 13.9 Å². The molecule has 2 unspecified atom stereocenters. The molecule has 2 aromatic rings. The largest absolute Gasteiger partial charge is 0.497 e. The number of amides is 1. The van der Waals surface area contributed by atoms with Gasteiger partial charge in [0.15, 0.2) is 0 Å². The number of halogens is 1. The van der Waals surface area contributed by atoms with Crippen LogP contribution in [0.5, 0.6) is 5.75 Å². The van der Waals surface area contributed by atoms with Crippen molar-refractivity contribution in [2.75, 3.05) is 13.7 Å². The van der Waals surface area contributed by atoms with E-state index >= 15 is 0 Å². The molecule has 3 rings (SSSR count). The minimum Gasteiger partial charge on any atom is -0.497 e. The van der Waals surface area contributed by atoms with Crippen LogP contribution < -0.4 is 20.9 Å². The Hall–Kier alpha value is -2.44. The summed E-state index contributed by atoms with van der Waals surface area (Å²) in [6, 6.07) is 13.6. The average Bonchev–Trinajstić information content (AvgIpc) is 3.11. The molecule has 1 fully saturated rings. The van der Waals surface area contributed by atoms with Gasteiger partial charge in [0, 0.05) is 13.1 Å². The topological polar surface area (TPSA) is 62.4 Å². The lowest BCUT2D eigenvalue weighted by Crippen LogP contribution is -2.34. The highest BCUT2D eigenvalue weighted by molar-refractivity contribution is 5.80. The van der Waals surface area contributed by atoms with Crippen LogP contribution in [0.3, 0.4) is 0 Å². The molecule has 0 bridgehead atoms. The molecule has 2 aromatic carbocycles. The molecule has 1 amide bonds. The van der Waals surface area contributed by atoms with Crippen molar-refractivity contribution in [1.82, 2.24) is 16.2 Å². The van der Waals surface area contributed by atoms with Crippen molar-refractivity contribution in [2.24, 2.45) is 5.92 Å². The fraction of sp³-hybridized carbons (Fsp3) is 0.278. The SMILES string of the molecule is COc1cccc(C2NNCC2C(=O)NCc2ccc(F)cc2)c1. The smallest absolute Gasteiger partial charge is 0.226 e. The van der Waals surface area contributed by atoms with Gasteiger partial charge in [-0.3, -0.25) is 10.2 Å². The summed E-state index contributed by atoms with van der Waals surface area (Å²) in [5.41, 5.74) is 8.04. The third-order valence-corrected chi connectivity index (χ3v) is 4.15. The highest BCUT2D eigenvalue weighted by atomic mass is 19.1. The molecular formula is C18H20FN3O2. The van der Waals surface area contributed by atoms with Crippen LogP contribution in [0.15, 0.2) is 48.5 Å². The highest BCUT2D eigenvalue weighted by Crippen LogP contribution is 2.27. The van der Waals surface area contributed by atoms with Crippen LogP contribution in [-0.2, 0) is 11.3 Å². The van der Waals surface area contributed by atoms with Crippen LogP contribution in [0, 0.1) is 11.7 Å². The quantitative estimate of drug-likeness (QED) is 0.784. The van der Waals surface area contributed by atoms with Gasteiger partial charge in [0.1, 0.15) is 11.6 Å². The molecule has 3 N–H and O–H groups in total. The van der Waals surface area contributed by atoms with E-state index in [1.165, 1.54) is 12.1 Å². The van der Waals surface area contributed by atoms with Crippen LogP contribution in [0.4, 0.5) is 4.39 Å². The fourth-order valence-corrected chi connectivity index (χ4v) is 2.81. The van der Waals surface area contributed by atoms with E-state index in [4.69, 9.17) is 4.74 Å². The van der Waals surface area contributed by atoms with E-state index in [1.807, 2.05) is 24.3 Å². The Balaban J connectivity index is 1.65. The second kappa shape index (κ2) is 7.42. The number of carbonyl (C=O) groups excluding carboxylic acids is 1. The van der Waals surface area contributed by atoms with E-state index in [-0.39, 0.29) is 23.7 Å². The van der Waals surface area contributed by atoms with E-state index in [0.717, 1.165) is 16.9 Å². The van der Waals surface area contributed by atoms with Gasteiger partial charge in [0.25, 0.3) is 0 Å². The summed E-state index contributed by atoms with van der Waals surface area (Å²) in [5.74, 6) is 0.182. The van der Waals surface area contributed by atoms with Crippen molar-refractivity contribution in [3.8, 4) is 5.75 Å². The molecule has 0 radical (unpaired) electrons. The fourth-order valence-electron chi connectivity index (χ4n) is 2.81. The number of hydrogen-bond donors (Lipinski definition) is 3. The van der Waals surface area contributed by atoms with Crippen LogP contribution in [0.1, 0.15) is 17.2 Å². The molecule has 5 nitrogen and oxygen atoms in total. The maximum absolute atomic E-state index is 12.9. The monoisotopic (exact) mass is 329 g/mol. The van der Waals surface area contributed by atoms with Gasteiger partial charge in [-0.25, -0.2) is 9.82 Å². The Bertz CT molecular complexity index is 706. The average molecular weight is 329 g/mol. The van der Waals surface area contributed by atoms with E-state index in [0.29, 0.717) is 13.1 Å². The standard InChI is InChI=1S/C18H20FN3O2/c1-24-15-4-2-3-13(9-15)17-16(11-21-22-17)18(23)20-10-12-5-7-14(19)8-6-12/h2-9,16-17,21-22H,10-11H2,1H3,(H,20,23). The van der Waals surface area contributed by atoms with Gasteiger partial charge >= 0.3 is 0 Å². The zero-order chi connectivity index (χ0) is 16.9. The zero-order valence-corrected chi connectivity index (χ0v) is 13.4. The summed E-state index contributed by atoms with van der Waals surface area (Å²) in [6.45, 7) is 0.914. The van der Waals surface area contributed by atoms with Crippen molar-refractivity contribution >= 4 is 5.91 Å². The summed E-state index contributed by atoms with van der Waals surface area (Å²) in [7, 11) is 1.62. The van der Waals surface area contributed by atoms with Crippen molar-refractivity contribution in [3.05, 3.63) is 65.5 Å². The van der Waals surface area contributed by atoms with Crippen molar-refractivity contribution in [2.45, 2.75) is 12.6 Å². The third kappa shape index (κ3) is 3.72. The first-order valence-electron chi connectivity index (χ1n) is 7.82. The van der Waals surface area contributed by atoms with Crippen LogP contribution in [0.2, 0.25) is 0 Å². The van der Waals surface area contributed by atoms with Gasteiger partial charge in [-0.15, -0.1) is 0 Å². The number of ether oxygens (including phenoxy) is 1. The summed E-state index contributed by atoms with van der Waals surface area (Å²) in [4.78, 5) is 12.5. The van der Waals surface area contributed by atoms with Crippen LogP contribution >= 0.6 is 0 Å². The molecule has 0 spiro atoms. The van der Waals surface area contributed by atoms with Crippen LogP contribution in [-0.4, -0.2) is 19.6 Å². The molecule has 2 atom stereocenters. The molecule has 6 heteroatoms. The first-order valence-corrected chi connectivity index (χ1v) is 7.82. The predicted molar refractivity (Wildman–Crippen MR) is 88.6 cm³/mol. The number of benzene rings is 2. The summed E-state index contributed by atoms with van der Waals surface area (Å²) in [6.07, 6.45) is 0. The molecule has 1 heterocycles. The zero-order valence-electron chi connectivity index (χ0n) is 13.4. The number of nitrogens with one attached hydrogen (secondary N) is 3. The minimum absolute atomic E-state index is 0.0513. The molecule has 126 valence electrons. The van der Waals surface area contributed by atoms with Gasteiger partial charge < -0.3 is 10.1 Å². The Morgan fingerprint density at radius 1 is 1.29 bits per heavy atom. The first kappa shape index (κ1) is 16.4. The number of hydrogen-bond acceptors (Lipinski definition) is 4. The van der Waals surface area contributed by atoms with Crippen LogP contribution in [0.25, 0.3) is 0 Å². The van der Waals surface area contributed by atoms with E-state index in [1.54, 1.807) is 19.2 Å². The van der Waals surface area contributed by atoms with E-state index in [2.05, 4.69) is 16.2 Å². The molecule has 0 aliphatic carbocycles. The second-order valence-corrected chi connectivity index (χ2v) is 5.73. The van der Waals surface area contributed by atoms with E-state index < -0.39 is 0 Å². The Kier molecular flexibility index (Phi) is 5.08. The Labute approximate surface area is 140 Å². The predicted octanol–water partition coefficient (Wildman–Crippen LogP) is 1.92. The van der Waals surface area contributed by atoms with Gasteiger partial charge in [0.05, 0.1) is 19.1 Å². The third-order valence-electron chi connectivity index (χ3n) is 4.15. The number of rotatable bonds is 5. The molecule has 0 saturated carbocycles. The molecule has 1 aliphatic heterocycles. The maximum atomic E-state index is 12.9. The molecule has 24 heavy (non-hydrogen) atoms. The van der Waals surface area contributed by atoms with Gasteiger partial charge in [-0.1, -0.05) is 24.3 Å². The number of hydrazine groups is 1. The van der Waals surface area contributed by atoms with Crippen molar-refractivity contribution in [3.63, 3.8) is 0 Å². The van der Waals surface area contributed by atoms with Crippen molar-refractivity contribution in [1.29, 1.82) is 0 Å². The normalized spacial score (nSPS) is 19.9. The lowest BCUT2D eigenvalue weighted by molar-refractivity contribution is -0.125. The number of carbonyl (C=O) groups is 1. The molecular weight excluding hydrogens is 309 g/mol. The lowest BCUT2D eigenvalue weighted by atomic mass is 9.94. The minimum atomic E-state index is -0.285. The summed E-state index contributed by atoms with van der Waals surface area (Å²) in [5, 5.41) is 2.92. The van der Waals surface area contributed by atoms with Gasteiger partial charge in [-0.2, -0.15) is 0 Å². The lowest BCUT2D eigenvalue weighted by Gasteiger charge is -2.19. The molecule has 1 aliphatic rings. The van der Waals surface area contributed by atoms with E-state index in [9.17, 15) is 9.18 Å². The summed E-state index contributed by atoms with van der Waals surface area (Å²) >= 11 is 0. The Morgan fingerprint density at radius 2 is 2.08 bits per heavy atom. The molecule has 1 saturated heterocycles.